The molecule has 0 aliphatic carbocycles. The Morgan fingerprint density at radius 2 is 1.94 bits per heavy atom. The predicted molar refractivity (Wildman–Crippen MR) is 122 cm³/mol. The summed E-state index contributed by atoms with van der Waals surface area (Å²) in [5.74, 6) is -0.469. The number of likely N-dealkylation sites (N-methyl/N-ethyl adjacent to an activating group) is 1. The summed E-state index contributed by atoms with van der Waals surface area (Å²) in [6.07, 6.45) is 4.60. The van der Waals surface area contributed by atoms with Gasteiger partial charge in [0.25, 0.3) is 0 Å². The first-order valence-electron chi connectivity index (χ1n) is 11.7. The van der Waals surface area contributed by atoms with Crippen molar-refractivity contribution in [2.45, 2.75) is 78.5 Å². The number of aromatic nitrogens is 3. The van der Waals surface area contributed by atoms with Gasteiger partial charge in [0.1, 0.15) is 12.1 Å². The molecule has 3 rings (SSSR count). The molecule has 2 aliphatic heterocycles. The normalized spacial score (nSPS) is 25.0. The first-order chi connectivity index (χ1) is 14.9. The van der Waals surface area contributed by atoms with Gasteiger partial charge >= 0.3 is 0 Å². The maximum absolute atomic E-state index is 13.6. The van der Waals surface area contributed by atoms with Crippen LogP contribution in [-0.4, -0.2) is 87.1 Å². The number of rotatable bonds is 6. The average molecular weight is 449 g/mol. The van der Waals surface area contributed by atoms with Gasteiger partial charge in [0.15, 0.2) is 0 Å². The van der Waals surface area contributed by atoms with Gasteiger partial charge in [0.2, 0.25) is 11.8 Å². The summed E-state index contributed by atoms with van der Waals surface area (Å²) in [7, 11) is 1.55. The van der Waals surface area contributed by atoms with Crippen molar-refractivity contribution in [2.24, 2.45) is 10.8 Å². The third kappa shape index (κ3) is 5.67. The van der Waals surface area contributed by atoms with E-state index in [9.17, 15) is 14.7 Å². The number of hydrogen-bond donors (Lipinski definition) is 2. The monoisotopic (exact) mass is 448 g/mol. The number of piperidine rings is 1. The third-order valence-electron chi connectivity index (χ3n) is 6.88. The second-order valence-electron chi connectivity index (χ2n) is 11.2. The van der Waals surface area contributed by atoms with Crippen molar-refractivity contribution in [3.05, 3.63) is 11.9 Å². The Morgan fingerprint density at radius 1 is 1.28 bits per heavy atom. The van der Waals surface area contributed by atoms with Crippen LogP contribution in [0.5, 0.6) is 0 Å². The van der Waals surface area contributed by atoms with E-state index in [1.807, 2.05) is 27.0 Å². The van der Waals surface area contributed by atoms with Crippen molar-refractivity contribution in [3.63, 3.8) is 0 Å². The van der Waals surface area contributed by atoms with E-state index in [2.05, 4.69) is 34.4 Å². The Kier molecular flexibility index (Phi) is 7.29. The molecule has 3 heterocycles. The van der Waals surface area contributed by atoms with Gasteiger partial charge in [-0.2, -0.15) is 0 Å². The lowest BCUT2D eigenvalue weighted by Gasteiger charge is -2.36. The van der Waals surface area contributed by atoms with Crippen LogP contribution in [0.15, 0.2) is 6.20 Å². The van der Waals surface area contributed by atoms with Crippen molar-refractivity contribution in [3.8, 4) is 0 Å². The summed E-state index contributed by atoms with van der Waals surface area (Å²) in [5.41, 5.74) is 0.845. The number of hydrogen-bond acceptors (Lipinski definition) is 6. The maximum Gasteiger partial charge on any atom is 0.248 e. The number of likely N-dealkylation sites (tertiary alicyclic amines) is 2. The van der Waals surface area contributed by atoms with E-state index < -0.39 is 23.6 Å². The van der Waals surface area contributed by atoms with E-state index in [-0.39, 0.29) is 24.8 Å². The first-order valence-corrected chi connectivity index (χ1v) is 11.7. The van der Waals surface area contributed by atoms with Gasteiger partial charge in [-0.05, 0) is 36.8 Å². The van der Waals surface area contributed by atoms with Crippen LogP contribution in [0, 0.1) is 10.8 Å². The second kappa shape index (κ2) is 9.47. The van der Waals surface area contributed by atoms with Crippen LogP contribution in [0.3, 0.4) is 0 Å². The summed E-state index contributed by atoms with van der Waals surface area (Å²) in [5, 5.41) is 21.4. The van der Waals surface area contributed by atoms with E-state index in [1.54, 1.807) is 11.7 Å². The smallest absolute Gasteiger partial charge is 0.248 e. The van der Waals surface area contributed by atoms with E-state index in [4.69, 9.17) is 0 Å². The molecule has 2 aliphatic rings. The molecule has 1 aromatic rings. The van der Waals surface area contributed by atoms with Crippen molar-refractivity contribution >= 4 is 11.8 Å². The molecule has 2 N–H and O–H groups in total. The molecule has 9 nitrogen and oxygen atoms in total. The van der Waals surface area contributed by atoms with Crippen LogP contribution in [0.4, 0.5) is 0 Å². The molecule has 0 radical (unpaired) electrons. The third-order valence-corrected chi connectivity index (χ3v) is 6.88. The molecular weight excluding hydrogens is 408 g/mol. The number of aliphatic hydroxyl groups is 1. The highest BCUT2D eigenvalue weighted by molar-refractivity contribution is 5.90. The van der Waals surface area contributed by atoms with E-state index in [1.165, 1.54) is 17.7 Å². The summed E-state index contributed by atoms with van der Waals surface area (Å²) in [6, 6.07) is -1.28. The fourth-order valence-electron chi connectivity index (χ4n) is 4.72. The van der Waals surface area contributed by atoms with Crippen LogP contribution in [0.1, 0.15) is 65.6 Å². The molecule has 0 unspecified atom stereocenters. The molecule has 180 valence electrons. The number of carbonyl (C=O) groups is 2. The highest BCUT2D eigenvalue weighted by Gasteiger charge is 2.45. The molecule has 0 aromatic carbocycles. The molecule has 2 amide bonds. The lowest BCUT2D eigenvalue weighted by atomic mass is 9.82. The van der Waals surface area contributed by atoms with Crippen LogP contribution in [0.25, 0.3) is 0 Å². The molecule has 0 saturated carbocycles. The zero-order valence-corrected chi connectivity index (χ0v) is 20.5. The van der Waals surface area contributed by atoms with Gasteiger partial charge in [0.05, 0.1) is 11.8 Å². The van der Waals surface area contributed by atoms with Crippen LogP contribution in [0.2, 0.25) is 0 Å². The zero-order chi connectivity index (χ0) is 23.7. The molecule has 2 saturated heterocycles. The fraction of sp³-hybridized carbons (Fsp3) is 0.826. The van der Waals surface area contributed by atoms with Gasteiger partial charge < -0.3 is 20.2 Å². The number of amides is 2. The predicted octanol–water partition coefficient (Wildman–Crippen LogP) is 1.24. The summed E-state index contributed by atoms with van der Waals surface area (Å²) in [4.78, 5) is 29.9. The number of aliphatic hydroxyl groups excluding tert-OH is 1. The number of nitrogens with one attached hydrogen (secondary N) is 1. The summed E-state index contributed by atoms with van der Waals surface area (Å²) < 4.78 is 1.64. The topological polar surface area (TPSA) is 104 Å². The minimum atomic E-state index is -0.706. The molecule has 2 fully saturated rings. The molecule has 32 heavy (non-hydrogen) atoms. The van der Waals surface area contributed by atoms with Crippen LogP contribution < -0.4 is 5.32 Å². The highest BCUT2D eigenvalue weighted by atomic mass is 16.3. The van der Waals surface area contributed by atoms with E-state index in [0.717, 1.165) is 31.7 Å². The zero-order valence-electron chi connectivity index (χ0n) is 20.5. The highest BCUT2D eigenvalue weighted by Crippen LogP contribution is 2.34. The number of β-amino-alcohol motifs (C(OH)–C–C–N with tert-alkyl or cyclic N) is 1. The Hall–Kier alpha value is -2.00. The van der Waals surface area contributed by atoms with Crippen LogP contribution >= 0.6 is 0 Å². The average Bonchev–Trinajstić information content (AvgIpc) is 3.32. The standard InChI is InChI=1S/C23H40N6O3/c1-22(2,3)19(21(32)28-15-17(30)13-18(28)20(31)24-6)29-14-16(25-26-29)7-10-27-11-8-23(4,5)9-12-27/h14,17-19,30H,7-13,15H2,1-6H3,(H,24,31)/t17-,18+,19-/m1/s1. The number of nitrogens with zero attached hydrogens (tertiary/aromatic N) is 5. The van der Waals surface area contributed by atoms with Gasteiger partial charge in [-0.25, -0.2) is 4.68 Å². The summed E-state index contributed by atoms with van der Waals surface area (Å²) >= 11 is 0. The van der Waals surface area contributed by atoms with Crippen molar-refractivity contribution < 1.29 is 14.7 Å². The minimum absolute atomic E-state index is 0.149. The molecule has 0 spiro atoms. The fourth-order valence-corrected chi connectivity index (χ4v) is 4.72. The molecule has 9 heteroatoms. The molecular formula is C23H40N6O3. The van der Waals surface area contributed by atoms with Crippen molar-refractivity contribution in [1.82, 2.24) is 30.1 Å². The maximum atomic E-state index is 13.6. The van der Waals surface area contributed by atoms with Gasteiger partial charge in [-0.3, -0.25) is 9.59 Å². The SMILES string of the molecule is CNC(=O)[C@@H]1C[C@@H](O)CN1C(=O)[C@@H](n1cc(CCN2CCC(C)(C)CC2)nn1)C(C)(C)C. The first kappa shape index (κ1) is 24.6. The van der Waals surface area contributed by atoms with Crippen molar-refractivity contribution in [1.29, 1.82) is 0 Å². The number of carbonyl (C=O) groups excluding carboxylic acids is 2. The van der Waals surface area contributed by atoms with Gasteiger partial charge in [-0.1, -0.05) is 39.8 Å². The van der Waals surface area contributed by atoms with E-state index in [0.29, 0.717) is 5.41 Å². The lowest BCUT2D eigenvalue weighted by molar-refractivity contribution is -0.144. The van der Waals surface area contributed by atoms with Gasteiger partial charge in [-0.15, -0.1) is 5.10 Å². The van der Waals surface area contributed by atoms with Crippen molar-refractivity contribution in [2.75, 3.05) is 33.2 Å². The van der Waals surface area contributed by atoms with Crippen LogP contribution in [-0.2, 0) is 16.0 Å². The Labute approximate surface area is 191 Å². The Balaban J connectivity index is 1.71. The largest absolute Gasteiger partial charge is 0.391 e. The molecule has 1 aromatic heterocycles. The molecule has 0 bridgehead atoms. The van der Waals surface area contributed by atoms with Gasteiger partial charge in [0, 0.05) is 39.2 Å². The second-order valence-corrected chi connectivity index (χ2v) is 11.2. The van der Waals surface area contributed by atoms with E-state index >= 15 is 0 Å². The minimum Gasteiger partial charge on any atom is -0.391 e. The Bertz CT molecular complexity index is 805. The lowest BCUT2D eigenvalue weighted by Crippen LogP contribution is -2.49. The Morgan fingerprint density at radius 3 is 2.53 bits per heavy atom. The quantitative estimate of drug-likeness (QED) is 0.679. The summed E-state index contributed by atoms with van der Waals surface area (Å²) in [6.45, 7) is 13.9. The molecule has 3 atom stereocenters.